The molecule has 4 nitrogen and oxygen atoms in total. The van der Waals surface area contributed by atoms with E-state index < -0.39 is 5.54 Å². The number of aliphatic hydroxyl groups excluding tert-OH is 1. The Morgan fingerprint density at radius 1 is 1.23 bits per heavy atom. The molecule has 1 atom stereocenters. The lowest BCUT2D eigenvalue weighted by Crippen LogP contribution is -2.50. The summed E-state index contributed by atoms with van der Waals surface area (Å²) in [6.07, 6.45) is 0.772. The molecule has 0 aliphatic rings. The van der Waals surface area contributed by atoms with E-state index in [2.05, 4.69) is 5.32 Å². The molecule has 0 aliphatic heterocycles. The number of hydrogen-bond donors (Lipinski definition) is 2. The maximum atomic E-state index is 12.4. The van der Waals surface area contributed by atoms with Gasteiger partial charge in [0.25, 0.3) is 0 Å². The minimum atomic E-state index is -0.550. The number of fused-ring (bicyclic) bond motifs is 1. The number of nitrogens with one attached hydrogen (secondary N) is 1. The molecular formula is C18H23NO3. The molecule has 2 N–H and O–H groups in total. The van der Waals surface area contributed by atoms with Crippen molar-refractivity contribution in [3.8, 4) is 0 Å². The van der Waals surface area contributed by atoms with Crippen LogP contribution in [0.15, 0.2) is 42.5 Å². The van der Waals surface area contributed by atoms with Crippen molar-refractivity contribution in [2.75, 3.05) is 20.3 Å². The highest BCUT2D eigenvalue weighted by atomic mass is 16.5. The van der Waals surface area contributed by atoms with E-state index in [1.54, 1.807) is 7.11 Å². The van der Waals surface area contributed by atoms with E-state index in [0.29, 0.717) is 19.4 Å². The van der Waals surface area contributed by atoms with Crippen LogP contribution in [0, 0.1) is 0 Å². The zero-order chi connectivity index (χ0) is 16.0. The first-order valence-corrected chi connectivity index (χ1v) is 7.45. The molecule has 0 spiro atoms. The number of methoxy groups -OCH3 is 1. The third kappa shape index (κ3) is 4.06. The molecule has 0 aliphatic carbocycles. The molecule has 0 heterocycles. The van der Waals surface area contributed by atoms with Crippen LogP contribution in [0.5, 0.6) is 0 Å². The first-order chi connectivity index (χ1) is 10.6. The number of benzene rings is 2. The summed E-state index contributed by atoms with van der Waals surface area (Å²) in [5.74, 6) is -0.0654. The Hall–Kier alpha value is -1.91. The van der Waals surface area contributed by atoms with Crippen molar-refractivity contribution in [3.63, 3.8) is 0 Å². The fraction of sp³-hybridized carbons (Fsp3) is 0.389. The highest BCUT2D eigenvalue weighted by Gasteiger charge is 2.25. The van der Waals surface area contributed by atoms with Crippen molar-refractivity contribution in [1.29, 1.82) is 0 Å². The molecular weight excluding hydrogens is 278 g/mol. The minimum absolute atomic E-state index is 0.00834. The van der Waals surface area contributed by atoms with Crippen molar-refractivity contribution in [3.05, 3.63) is 48.0 Å². The van der Waals surface area contributed by atoms with Crippen LogP contribution in [0.2, 0.25) is 0 Å². The number of rotatable bonds is 7. The number of ether oxygens (including phenoxy) is 1. The Balaban J connectivity index is 2.13. The molecule has 2 aromatic rings. The van der Waals surface area contributed by atoms with Crippen molar-refractivity contribution in [1.82, 2.24) is 5.32 Å². The number of amides is 1. The van der Waals surface area contributed by atoms with Crippen molar-refractivity contribution >= 4 is 16.7 Å². The SMILES string of the molecule is COCC(C)(CCO)NC(=O)Cc1cccc2ccccc12. The van der Waals surface area contributed by atoms with Gasteiger partial charge in [-0.3, -0.25) is 4.79 Å². The summed E-state index contributed by atoms with van der Waals surface area (Å²) >= 11 is 0. The van der Waals surface area contributed by atoms with Gasteiger partial charge >= 0.3 is 0 Å². The Morgan fingerprint density at radius 2 is 1.95 bits per heavy atom. The zero-order valence-corrected chi connectivity index (χ0v) is 13.1. The van der Waals surface area contributed by atoms with Crippen LogP contribution < -0.4 is 5.32 Å². The minimum Gasteiger partial charge on any atom is -0.396 e. The lowest BCUT2D eigenvalue weighted by atomic mass is 9.97. The van der Waals surface area contributed by atoms with E-state index in [0.717, 1.165) is 16.3 Å². The molecule has 0 saturated heterocycles. The van der Waals surface area contributed by atoms with E-state index in [-0.39, 0.29) is 12.5 Å². The summed E-state index contributed by atoms with van der Waals surface area (Å²) < 4.78 is 5.16. The first-order valence-electron chi connectivity index (χ1n) is 7.45. The number of carbonyl (C=O) groups is 1. The lowest BCUT2D eigenvalue weighted by molar-refractivity contribution is -0.123. The zero-order valence-electron chi connectivity index (χ0n) is 13.1. The van der Waals surface area contributed by atoms with Crippen LogP contribution >= 0.6 is 0 Å². The highest BCUT2D eigenvalue weighted by Crippen LogP contribution is 2.19. The van der Waals surface area contributed by atoms with Gasteiger partial charge < -0.3 is 15.2 Å². The third-order valence-electron chi connectivity index (χ3n) is 3.80. The fourth-order valence-electron chi connectivity index (χ4n) is 2.74. The van der Waals surface area contributed by atoms with E-state index >= 15 is 0 Å². The van der Waals surface area contributed by atoms with Crippen LogP contribution in [-0.2, 0) is 16.0 Å². The summed E-state index contributed by atoms with van der Waals surface area (Å²) in [7, 11) is 1.59. The second-order valence-corrected chi connectivity index (χ2v) is 5.83. The van der Waals surface area contributed by atoms with Gasteiger partial charge in [0.05, 0.1) is 18.6 Å². The maximum Gasteiger partial charge on any atom is 0.224 e. The van der Waals surface area contributed by atoms with Gasteiger partial charge in [0.2, 0.25) is 5.91 Å². The summed E-state index contributed by atoms with van der Waals surface area (Å²) in [5.41, 5.74) is 0.449. The van der Waals surface area contributed by atoms with Gasteiger partial charge in [-0.25, -0.2) is 0 Å². The maximum absolute atomic E-state index is 12.4. The van der Waals surface area contributed by atoms with Crippen molar-refractivity contribution in [2.45, 2.75) is 25.3 Å². The first kappa shape index (κ1) is 16.5. The molecule has 0 bridgehead atoms. The third-order valence-corrected chi connectivity index (χ3v) is 3.80. The molecule has 0 fully saturated rings. The van der Waals surface area contributed by atoms with Crippen molar-refractivity contribution in [2.24, 2.45) is 0 Å². The number of carbonyl (C=O) groups excluding carboxylic acids is 1. The van der Waals surface area contributed by atoms with Crippen LogP contribution in [0.4, 0.5) is 0 Å². The molecule has 2 rings (SSSR count). The Morgan fingerprint density at radius 3 is 2.68 bits per heavy atom. The van der Waals surface area contributed by atoms with Gasteiger partial charge in [0, 0.05) is 13.7 Å². The number of hydrogen-bond acceptors (Lipinski definition) is 3. The quantitative estimate of drug-likeness (QED) is 0.825. The van der Waals surface area contributed by atoms with Crippen LogP contribution in [0.25, 0.3) is 10.8 Å². The van der Waals surface area contributed by atoms with Gasteiger partial charge in [-0.2, -0.15) is 0 Å². The van der Waals surface area contributed by atoms with Crippen LogP contribution in [0.3, 0.4) is 0 Å². The van der Waals surface area contributed by atoms with Crippen LogP contribution in [0.1, 0.15) is 18.9 Å². The standard InChI is InChI=1S/C18H23NO3/c1-18(10-11-20,13-22-2)19-17(21)12-15-8-5-7-14-6-3-4-9-16(14)15/h3-9,20H,10-13H2,1-2H3,(H,19,21). The van der Waals surface area contributed by atoms with Gasteiger partial charge in [-0.1, -0.05) is 42.5 Å². The Labute approximate surface area is 131 Å². The van der Waals surface area contributed by atoms with E-state index in [4.69, 9.17) is 9.84 Å². The second kappa shape index (κ2) is 7.38. The average Bonchev–Trinajstić information content (AvgIpc) is 2.47. The topological polar surface area (TPSA) is 58.6 Å². The average molecular weight is 301 g/mol. The van der Waals surface area contributed by atoms with Gasteiger partial charge in [0.1, 0.15) is 0 Å². The lowest BCUT2D eigenvalue weighted by Gasteiger charge is -2.29. The molecule has 22 heavy (non-hydrogen) atoms. The van der Waals surface area contributed by atoms with Gasteiger partial charge in [-0.15, -0.1) is 0 Å². The smallest absolute Gasteiger partial charge is 0.224 e. The second-order valence-electron chi connectivity index (χ2n) is 5.83. The summed E-state index contributed by atoms with van der Waals surface area (Å²) in [4.78, 5) is 12.4. The van der Waals surface area contributed by atoms with E-state index in [1.165, 1.54) is 0 Å². The largest absolute Gasteiger partial charge is 0.396 e. The summed E-state index contributed by atoms with van der Waals surface area (Å²) in [6, 6.07) is 14.0. The van der Waals surface area contributed by atoms with Crippen molar-refractivity contribution < 1.29 is 14.6 Å². The number of aliphatic hydroxyl groups is 1. The van der Waals surface area contributed by atoms with Crippen LogP contribution in [-0.4, -0.2) is 36.9 Å². The molecule has 118 valence electrons. The highest BCUT2D eigenvalue weighted by molar-refractivity contribution is 5.90. The molecule has 4 heteroatoms. The monoisotopic (exact) mass is 301 g/mol. The Bertz CT molecular complexity index is 628. The fourth-order valence-corrected chi connectivity index (χ4v) is 2.74. The predicted octanol–water partition coefficient (Wildman–Crippen LogP) is 2.29. The Kier molecular flexibility index (Phi) is 5.52. The predicted molar refractivity (Wildman–Crippen MR) is 87.8 cm³/mol. The molecule has 1 unspecified atom stereocenters. The molecule has 0 radical (unpaired) electrons. The van der Waals surface area contributed by atoms with E-state index in [9.17, 15) is 4.79 Å². The van der Waals surface area contributed by atoms with Gasteiger partial charge in [-0.05, 0) is 29.7 Å². The molecule has 1 amide bonds. The molecule has 2 aromatic carbocycles. The summed E-state index contributed by atoms with van der Waals surface area (Å²) in [5, 5.41) is 14.4. The molecule has 0 saturated carbocycles. The van der Waals surface area contributed by atoms with Gasteiger partial charge in [0.15, 0.2) is 0 Å². The normalized spacial score (nSPS) is 13.8. The van der Waals surface area contributed by atoms with E-state index in [1.807, 2.05) is 49.4 Å². The molecule has 0 aromatic heterocycles. The summed E-state index contributed by atoms with van der Waals surface area (Å²) in [6.45, 7) is 2.26.